The summed E-state index contributed by atoms with van der Waals surface area (Å²) in [5.41, 5.74) is 2.19. The zero-order valence-electron chi connectivity index (χ0n) is 10.8. The van der Waals surface area contributed by atoms with Crippen LogP contribution in [0.4, 0.5) is 0 Å². The van der Waals surface area contributed by atoms with Crippen LogP contribution >= 0.6 is 0 Å². The second kappa shape index (κ2) is 5.36. The maximum absolute atomic E-state index is 8.80. The van der Waals surface area contributed by atoms with E-state index in [4.69, 9.17) is 5.26 Å². The van der Waals surface area contributed by atoms with Gasteiger partial charge in [-0.15, -0.1) is 0 Å². The normalized spacial score (nSPS) is 28.6. The highest BCUT2D eigenvalue weighted by molar-refractivity contribution is 5.33. The van der Waals surface area contributed by atoms with E-state index in [1.54, 1.807) is 0 Å². The van der Waals surface area contributed by atoms with Gasteiger partial charge in [-0.3, -0.25) is 0 Å². The maximum atomic E-state index is 8.80. The highest BCUT2D eigenvalue weighted by Crippen LogP contribution is 2.40. The summed E-state index contributed by atoms with van der Waals surface area (Å²) in [4.78, 5) is 0. The number of hydrogen-bond donors (Lipinski definition) is 0. The van der Waals surface area contributed by atoms with Crippen LogP contribution in [-0.4, -0.2) is 0 Å². The molecule has 0 saturated heterocycles. The molecule has 0 bridgehead atoms. The van der Waals surface area contributed by atoms with Gasteiger partial charge in [0, 0.05) is 0 Å². The Morgan fingerprint density at radius 2 is 1.94 bits per heavy atom. The summed E-state index contributed by atoms with van der Waals surface area (Å²) in [5, 5.41) is 8.80. The quantitative estimate of drug-likeness (QED) is 0.730. The minimum absolute atomic E-state index is 0.709. The highest BCUT2D eigenvalue weighted by Gasteiger charge is 2.26. The molecule has 1 fully saturated rings. The molecule has 1 saturated carbocycles. The van der Waals surface area contributed by atoms with Crippen molar-refractivity contribution in [1.29, 1.82) is 5.26 Å². The molecule has 0 spiro atoms. The topological polar surface area (TPSA) is 23.8 Å². The number of rotatable bonds is 2. The lowest BCUT2D eigenvalue weighted by molar-refractivity contribution is 0.226. The van der Waals surface area contributed by atoms with Crippen LogP contribution in [0.2, 0.25) is 0 Å². The highest BCUT2D eigenvalue weighted by atomic mass is 14.3. The Labute approximate surface area is 104 Å². The van der Waals surface area contributed by atoms with Crippen LogP contribution in [0.5, 0.6) is 0 Å². The smallest absolute Gasteiger partial charge is 0.0991 e. The van der Waals surface area contributed by atoms with E-state index in [1.165, 1.54) is 31.2 Å². The monoisotopic (exact) mass is 227 g/mol. The Morgan fingerprint density at radius 1 is 1.24 bits per heavy atom. The second-order valence-electron chi connectivity index (χ2n) is 5.39. The molecule has 1 nitrogen and oxygen atoms in total. The molecule has 0 N–H and O–H groups in total. The molecule has 90 valence electrons. The van der Waals surface area contributed by atoms with E-state index in [0.29, 0.717) is 5.92 Å². The van der Waals surface area contributed by atoms with Crippen LogP contribution < -0.4 is 0 Å². The first kappa shape index (κ1) is 12.2. The van der Waals surface area contributed by atoms with E-state index in [1.807, 2.05) is 12.1 Å². The van der Waals surface area contributed by atoms with Crippen molar-refractivity contribution in [2.24, 2.45) is 11.8 Å². The van der Waals surface area contributed by atoms with E-state index in [0.717, 1.165) is 17.4 Å². The lowest BCUT2D eigenvalue weighted by atomic mass is 9.72. The van der Waals surface area contributed by atoms with Gasteiger partial charge < -0.3 is 0 Å². The van der Waals surface area contributed by atoms with E-state index >= 15 is 0 Å². The Morgan fingerprint density at radius 3 is 2.47 bits per heavy atom. The molecule has 1 aliphatic carbocycles. The van der Waals surface area contributed by atoms with Gasteiger partial charge in [0.15, 0.2) is 0 Å². The second-order valence-corrected chi connectivity index (χ2v) is 5.39. The number of nitrogens with zero attached hydrogens (tertiary/aromatic N) is 1. The van der Waals surface area contributed by atoms with Crippen LogP contribution in [0.3, 0.4) is 0 Å². The Kier molecular flexibility index (Phi) is 3.84. The SMILES string of the molecule is CCC1CCC(c2ccc(C#N)cc2)CC1C. The number of hydrogen-bond acceptors (Lipinski definition) is 1. The Hall–Kier alpha value is -1.29. The molecule has 17 heavy (non-hydrogen) atoms. The lowest BCUT2D eigenvalue weighted by Gasteiger charge is -2.34. The fourth-order valence-corrected chi connectivity index (χ4v) is 3.20. The van der Waals surface area contributed by atoms with Crippen LogP contribution in [0.1, 0.15) is 56.6 Å². The van der Waals surface area contributed by atoms with Gasteiger partial charge >= 0.3 is 0 Å². The van der Waals surface area contributed by atoms with Gasteiger partial charge in [-0.1, -0.05) is 32.4 Å². The zero-order chi connectivity index (χ0) is 12.3. The van der Waals surface area contributed by atoms with Crippen molar-refractivity contribution in [3.63, 3.8) is 0 Å². The molecule has 0 amide bonds. The number of nitriles is 1. The molecule has 0 heterocycles. The van der Waals surface area contributed by atoms with Crippen LogP contribution in [0.15, 0.2) is 24.3 Å². The predicted molar refractivity (Wildman–Crippen MR) is 70.7 cm³/mol. The van der Waals surface area contributed by atoms with Crippen molar-refractivity contribution in [3.05, 3.63) is 35.4 Å². The fourth-order valence-electron chi connectivity index (χ4n) is 3.20. The van der Waals surface area contributed by atoms with Crippen molar-refractivity contribution < 1.29 is 0 Å². The van der Waals surface area contributed by atoms with E-state index in [2.05, 4.69) is 32.0 Å². The summed E-state index contributed by atoms with van der Waals surface area (Å²) < 4.78 is 0. The summed E-state index contributed by atoms with van der Waals surface area (Å²) in [5.74, 6) is 2.47. The lowest BCUT2D eigenvalue weighted by Crippen LogP contribution is -2.21. The predicted octanol–water partition coefficient (Wildman–Crippen LogP) is 4.49. The summed E-state index contributed by atoms with van der Waals surface area (Å²) in [7, 11) is 0. The van der Waals surface area contributed by atoms with Gasteiger partial charge in [-0.05, 0) is 54.7 Å². The zero-order valence-corrected chi connectivity index (χ0v) is 10.8. The molecule has 1 aromatic carbocycles. The van der Waals surface area contributed by atoms with Gasteiger partial charge in [0.05, 0.1) is 11.6 Å². The molecule has 0 aromatic heterocycles. The van der Waals surface area contributed by atoms with Gasteiger partial charge in [0.2, 0.25) is 0 Å². The molecule has 0 radical (unpaired) electrons. The van der Waals surface area contributed by atoms with Gasteiger partial charge in [0.1, 0.15) is 0 Å². The third kappa shape index (κ3) is 2.69. The van der Waals surface area contributed by atoms with Crippen LogP contribution in [0, 0.1) is 23.2 Å². The van der Waals surface area contributed by atoms with E-state index < -0.39 is 0 Å². The van der Waals surface area contributed by atoms with Crippen molar-refractivity contribution in [2.75, 3.05) is 0 Å². The third-order valence-electron chi connectivity index (χ3n) is 4.38. The third-order valence-corrected chi connectivity index (χ3v) is 4.38. The minimum atomic E-state index is 0.709. The van der Waals surface area contributed by atoms with Crippen LogP contribution in [0.25, 0.3) is 0 Å². The Bertz CT molecular complexity index is 399. The summed E-state index contributed by atoms with van der Waals surface area (Å²) in [6, 6.07) is 10.4. The molecule has 3 atom stereocenters. The van der Waals surface area contributed by atoms with Crippen LogP contribution in [-0.2, 0) is 0 Å². The van der Waals surface area contributed by atoms with Crippen molar-refractivity contribution in [3.8, 4) is 6.07 Å². The summed E-state index contributed by atoms with van der Waals surface area (Å²) in [6.07, 6.45) is 5.31. The molecular weight excluding hydrogens is 206 g/mol. The maximum Gasteiger partial charge on any atom is 0.0991 e. The first-order chi connectivity index (χ1) is 8.24. The molecule has 0 aliphatic heterocycles. The summed E-state index contributed by atoms with van der Waals surface area (Å²) >= 11 is 0. The fraction of sp³-hybridized carbons (Fsp3) is 0.562. The van der Waals surface area contributed by atoms with Gasteiger partial charge in [0.25, 0.3) is 0 Å². The molecule has 1 aliphatic rings. The molecule has 1 aromatic rings. The first-order valence-corrected chi connectivity index (χ1v) is 6.74. The minimum Gasteiger partial charge on any atom is -0.192 e. The van der Waals surface area contributed by atoms with Crippen molar-refractivity contribution in [2.45, 2.75) is 45.4 Å². The van der Waals surface area contributed by atoms with E-state index in [-0.39, 0.29) is 0 Å². The van der Waals surface area contributed by atoms with E-state index in [9.17, 15) is 0 Å². The average molecular weight is 227 g/mol. The van der Waals surface area contributed by atoms with Gasteiger partial charge in [-0.25, -0.2) is 0 Å². The number of benzene rings is 1. The van der Waals surface area contributed by atoms with Gasteiger partial charge in [-0.2, -0.15) is 5.26 Å². The molecule has 2 rings (SSSR count). The Balaban J connectivity index is 2.06. The first-order valence-electron chi connectivity index (χ1n) is 6.74. The largest absolute Gasteiger partial charge is 0.192 e. The average Bonchev–Trinajstić information content (AvgIpc) is 2.39. The van der Waals surface area contributed by atoms with Crippen molar-refractivity contribution in [1.82, 2.24) is 0 Å². The summed E-state index contributed by atoms with van der Waals surface area (Å²) in [6.45, 7) is 4.70. The molecule has 1 heteroatoms. The standard InChI is InChI=1S/C16H21N/c1-3-14-8-9-16(10-12(14)2)15-6-4-13(11-17)5-7-15/h4-7,12,14,16H,3,8-10H2,1-2H3. The molecule has 3 unspecified atom stereocenters. The molecular formula is C16H21N. The van der Waals surface area contributed by atoms with Crippen molar-refractivity contribution >= 4 is 0 Å².